The van der Waals surface area contributed by atoms with Gasteiger partial charge in [-0.25, -0.2) is 4.79 Å². The molecule has 2 aromatic rings. The van der Waals surface area contributed by atoms with Gasteiger partial charge in [0, 0.05) is 37.6 Å². The topological polar surface area (TPSA) is 59.4 Å². The maximum Gasteiger partial charge on any atom is 0.416 e. The summed E-state index contributed by atoms with van der Waals surface area (Å²) in [5.41, 5.74) is 1.14. The van der Waals surface area contributed by atoms with Gasteiger partial charge in [-0.3, -0.25) is 0 Å². The van der Waals surface area contributed by atoms with Gasteiger partial charge in [-0.2, -0.15) is 18.4 Å². The summed E-state index contributed by atoms with van der Waals surface area (Å²) in [6.07, 6.45) is -4.35. The van der Waals surface area contributed by atoms with E-state index in [1.54, 1.807) is 29.2 Å². The number of hydrogen-bond donors (Lipinski definition) is 1. The molecule has 5 nitrogen and oxygen atoms in total. The van der Waals surface area contributed by atoms with Crippen LogP contribution in [0.5, 0.6) is 0 Å². The van der Waals surface area contributed by atoms with Gasteiger partial charge in [-0.15, -0.1) is 0 Å². The quantitative estimate of drug-likeness (QED) is 0.867. The Kier molecular flexibility index (Phi) is 5.21. The van der Waals surface area contributed by atoms with Crippen molar-refractivity contribution in [2.24, 2.45) is 0 Å². The number of rotatable bonds is 2. The van der Waals surface area contributed by atoms with E-state index in [9.17, 15) is 18.0 Å². The minimum Gasteiger partial charge on any atom is -0.368 e. The standard InChI is InChI=1S/C19H17F3N4O/c20-19(21,22)15-3-7-17(8-4-15)25-9-11-26(12-10-25)18(27)24-16-5-1-14(13-23)2-6-16/h1-8H,9-12H2,(H,24,27). The van der Waals surface area contributed by atoms with E-state index in [-0.39, 0.29) is 6.03 Å². The van der Waals surface area contributed by atoms with Gasteiger partial charge in [0.25, 0.3) is 0 Å². The zero-order valence-electron chi connectivity index (χ0n) is 14.3. The highest BCUT2D eigenvalue weighted by Crippen LogP contribution is 2.30. The minimum atomic E-state index is -4.35. The van der Waals surface area contributed by atoms with E-state index in [4.69, 9.17) is 5.26 Å². The number of amides is 2. The Bertz CT molecular complexity index is 833. The lowest BCUT2D eigenvalue weighted by atomic mass is 10.1. The number of urea groups is 1. The Balaban J connectivity index is 1.55. The minimum absolute atomic E-state index is 0.244. The average Bonchev–Trinajstić information content (AvgIpc) is 2.68. The number of nitriles is 1. The van der Waals surface area contributed by atoms with Crippen molar-refractivity contribution in [3.8, 4) is 6.07 Å². The van der Waals surface area contributed by atoms with Crippen LogP contribution in [0.15, 0.2) is 48.5 Å². The van der Waals surface area contributed by atoms with Crippen LogP contribution in [0.3, 0.4) is 0 Å². The molecule has 1 fully saturated rings. The Morgan fingerprint density at radius 3 is 2.07 bits per heavy atom. The molecule has 0 saturated carbocycles. The van der Waals surface area contributed by atoms with Crippen LogP contribution in [0, 0.1) is 11.3 Å². The predicted octanol–water partition coefficient (Wildman–Crippen LogP) is 3.93. The van der Waals surface area contributed by atoms with E-state index in [2.05, 4.69) is 5.32 Å². The molecule has 2 aromatic carbocycles. The lowest BCUT2D eigenvalue weighted by molar-refractivity contribution is -0.137. The average molecular weight is 374 g/mol. The molecule has 0 spiro atoms. The molecule has 140 valence electrons. The third kappa shape index (κ3) is 4.50. The second kappa shape index (κ2) is 7.58. The van der Waals surface area contributed by atoms with Crippen molar-refractivity contribution in [2.45, 2.75) is 6.18 Å². The van der Waals surface area contributed by atoms with Crippen molar-refractivity contribution in [3.63, 3.8) is 0 Å². The SMILES string of the molecule is N#Cc1ccc(NC(=O)N2CCN(c3ccc(C(F)(F)F)cc3)CC2)cc1. The monoisotopic (exact) mass is 374 g/mol. The molecule has 27 heavy (non-hydrogen) atoms. The van der Waals surface area contributed by atoms with Crippen LogP contribution in [-0.4, -0.2) is 37.1 Å². The van der Waals surface area contributed by atoms with E-state index in [0.29, 0.717) is 43.1 Å². The van der Waals surface area contributed by atoms with Crippen molar-refractivity contribution >= 4 is 17.4 Å². The molecule has 0 aromatic heterocycles. The van der Waals surface area contributed by atoms with Crippen molar-refractivity contribution in [1.29, 1.82) is 5.26 Å². The maximum atomic E-state index is 12.6. The van der Waals surface area contributed by atoms with Crippen molar-refractivity contribution in [2.75, 3.05) is 36.4 Å². The van der Waals surface area contributed by atoms with Crippen LogP contribution < -0.4 is 10.2 Å². The largest absolute Gasteiger partial charge is 0.416 e. The Morgan fingerprint density at radius 2 is 1.56 bits per heavy atom. The number of anilines is 2. The smallest absolute Gasteiger partial charge is 0.368 e. The van der Waals surface area contributed by atoms with Crippen molar-refractivity contribution in [1.82, 2.24) is 4.90 Å². The highest BCUT2D eigenvalue weighted by atomic mass is 19.4. The molecule has 0 aliphatic carbocycles. The lowest BCUT2D eigenvalue weighted by Crippen LogP contribution is -2.50. The molecule has 1 heterocycles. The number of nitrogens with one attached hydrogen (secondary N) is 1. The summed E-state index contributed by atoms with van der Waals surface area (Å²) in [5.74, 6) is 0. The van der Waals surface area contributed by atoms with E-state index in [0.717, 1.165) is 12.1 Å². The zero-order chi connectivity index (χ0) is 19.4. The van der Waals surface area contributed by atoms with Gasteiger partial charge in [0.1, 0.15) is 0 Å². The number of benzene rings is 2. The third-order valence-corrected chi connectivity index (χ3v) is 4.39. The summed E-state index contributed by atoms with van der Waals surface area (Å²) in [6.45, 7) is 1.99. The number of hydrogen-bond acceptors (Lipinski definition) is 3. The van der Waals surface area contributed by atoms with Gasteiger partial charge in [-0.05, 0) is 48.5 Å². The second-order valence-corrected chi connectivity index (χ2v) is 6.14. The first-order chi connectivity index (χ1) is 12.9. The van der Waals surface area contributed by atoms with Gasteiger partial charge < -0.3 is 15.1 Å². The summed E-state index contributed by atoms with van der Waals surface area (Å²) < 4.78 is 37.9. The van der Waals surface area contributed by atoms with Crippen LogP contribution in [0.25, 0.3) is 0 Å². The van der Waals surface area contributed by atoms with Gasteiger partial charge in [0.2, 0.25) is 0 Å². The summed E-state index contributed by atoms with van der Waals surface area (Å²) in [5, 5.41) is 11.6. The van der Waals surface area contributed by atoms with Crippen molar-refractivity contribution in [3.05, 3.63) is 59.7 Å². The van der Waals surface area contributed by atoms with Crippen LogP contribution >= 0.6 is 0 Å². The fraction of sp³-hybridized carbons (Fsp3) is 0.263. The first-order valence-corrected chi connectivity index (χ1v) is 8.35. The molecule has 8 heteroatoms. The van der Waals surface area contributed by atoms with Gasteiger partial charge >= 0.3 is 12.2 Å². The number of alkyl halides is 3. The molecule has 0 radical (unpaired) electrons. The third-order valence-electron chi connectivity index (χ3n) is 4.39. The van der Waals surface area contributed by atoms with Crippen LogP contribution in [0.2, 0.25) is 0 Å². The van der Waals surface area contributed by atoms with E-state index < -0.39 is 11.7 Å². The first kappa shape index (κ1) is 18.6. The summed E-state index contributed by atoms with van der Waals surface area (Å²) >= 11 is 0. The molecular formula is C19H17F3N4O. The zero-order valence-corrected chi connectivity index (χ0v) is 14.3. The van der Waals surface area contributed by atoms with E-state index >= 15 is 0 Å². The molecule has 1 aliphatic heterocycles. The summed E-state index contributed by atoms with van der Waals surface area (Å²) in [7, 11) is 0. The van der Waals surface area contributed by atoms with Gasteiger partial charge in [0.05, 0.1) is 17.2 Å². The molecule has 0 bridgehead atoms. The molecule has 1 aliphatic rings. The van der Waals surface area contributed by atoms with Crippen molar-refractivity contribution < 1.29 is 18.0 Å². The highest BCUT2D eigenvalue weighted by Gasteiger charge is 2.30. The fourth-order valence-corrected chi connectivity index (χ4v) is 2.86. The maximum absolute atomic E-state index is 12.6. The summed E-state index contributed by atoms with van der Waals surface area (Å²) in [4.78, 5) is 15.9. The predicted molar refractivity (Wildman–Crippen MR) is 95.4 cm³/mol. The molecule has 0 atom stereocenters. The number of piperazine rings is 1. The molecule has 1 N–H and O–H groups in total. The Labute approximate surface area is 154 Å². The molecular weight excluding hydrogens is 357 g/mol. The number of nitrogens with zero attached hydrogens (tertiary/aromatic N) is 3. The van der Waals surface area contributed by atoms with E-state index in [1.165, 1.54) is 12.1 Å². The normalized spacial score (nSPS) is 14.6. The van der Waals surface area contributed by atoms with Gasteiger partial charge in [0.15, 0.2) is 0 Å². The Morgan fingerprint density at radius 1 is 0.963 bits per heavy atom. The molecule has 2 amide bonds. The lowest BCUT2D eigenvalue weighted by Gasteiger charge is -2.36. The molecule has 3 rings (SSSR count). The van der Waals surface area contributed by atoms with Gasteiger partial charge in [-0.1, -0.05) is 0 Å². The second-order valence-electron chi connectivity index (χ2n) is 6.14. The summed E-state index contributed by atoms with van der Waals surface area (Å²) in [6, 6.07) is 13.4. The van der Waals surface area contributed by atoms with Crippen LogP contribution in [-0.2, 0) is 6.18 Å². The number of carbonyl (C=O) groups excluding carboxylic acids is 1. The highest BCUT2D eigenvalue weighted by molar-refractivity contribution is 5.89. The molecule has 0 unspecified atom stereocenters. The number of carbonyl (C=O) groups is 1. The Hall–Kier alpha value is -3.21. The molecule has 1 saturated heterocycles. The van der Waals surface area contributed by atoms with Crippen LogP contribution in [0.4, 0.5) is 29.3 Å². The van der Waals surface area contributed by atoms with E-state index in [1.807, 2.05) is 11.0 Å². The fourth-order valence-electron chi connectivity index (χ4n) is 2.86. The first-order valence-electron chi connectivity index (χ1n) is 8.35. The number of halogens is 3. The van der Waals surface area contributed by atoms with Crippen LogP contribution in [0.1, 0.15) is 11.1 Å².